The summed E-state index contributed by atoms with van der Waals surface area (Å²) in [6.45, 7) is 29.4. The summed E-state index contributed by atoms with van der Waals surface area (Å²) in [6.07, 6.45) is 6.93. The quantitative estimate of drug-likeness (QED) is 0.0619. The molecule has 12 atom stereocenters. The molecule has 11 amide bonds. The molecule has 1 rings (SSSR count). The summed E-state index contributed by atoms with van der Waals surface area (Å²) in [6, 6.07) is -11.7. The molecule has 0 spiro atoms. The molecule has 24 nitrogen and oxygen atoms in total. The van der Waals surface area contributed by atoms with E-state index < -0.39 is 143 Å². The minimum absolute atomic E-state index is 0.0291. The molecule has 1 unspecified atom stereocenters. The number of hydrogen-bond donors (Lipinski definition) is 6. The van der Waals surface area contributed by atoms with Crippen LogP contribution >= 0.6 is 11.8 Å². The lowest BCUT2D eigenvalue weighted by Gasteiger charge is -2.41. The topological polar surface area (TPSA) is 305 Å². The van der Waals surface area contributed by atoms with E-state index in [9.17, 15) is 29.1 Å². The number of unbranched alkanes of at least 4 members (excludes halogenated alkanes) is 5. The number of nitrogens with zero attached hydrogens (tertiary/aromatic N) is 7. The third-order valence-corrected chi connectivity index (χ3v) is 19.3. The lowest BCUT2D eigenvalue weighted by molar-refractivity contribution is -0.156. The van der Waals surface area contributed by atoms with Gasteiger partial charge in [-0.1, -0.05) is 129 Å². The SMILES string of the molecule is CC[C@@H]1NC(=O)C(C[C@H](C)CCCCCCN)N(C)C(=O)[C@H](C(C)C)N(C)C(=O)[C@H](CC(C)C)N(C)C(=O)[C@@H](CC(C)C)N(C)C(=O)[C@H](C)NC(=O)[C@@H](C)NC(=O)[C@@H](CC(C)C)N(C)C(=O)[C@@H](C(C)C)NC(=O)[C@H](CC(C)C)N(C)C(=O)[C@@H](SCCCCCO)N(C)C1=O. The van der Waals surface area contributed by atoms with E-state index in [1.807, 2.05) is 62.3 Å². The summed E-state index contributed by atoms with van der Waals surface area (Å²) in [5, 5.41) is 19.7. The number of nitrogens with two attached hydrogens (primary N) is 1. The summed E-state index contributed by atoms with van der Waals surface area (Å²) in [7, 11) is 10.4. The van der Waals surface area contributed by atoms with Crippen molar-refractivity contribution in [2.45, 2.75) is 266 Å². The van der Waals surface area contributed by atoms with E-state index >= 15 is 28.8 Å². The maximum absolute atomic E-state index is 15.4. The van der Waals surface area contributed by atoms with Gasteiger partial charge in [0.25, 0.3) is 5.91 Å². The summed E-state index contributed by atoms with van der Waals surface area (Å²) < 4.78 is 0. The average Bonchev–Trinajstić information content (AvgIpc) is 0.816. The Balaban J connectivity index is 4.48. The maximum Gasteiger partial charge on any atom is 0.256 e. The van der Waals surface area contributed by atoms with Gasteiger partial charge in [0, 0.05) is 55.9 Å². The van der Waals surface area contributed by atoms with Gasteiger partial charge in [0.1, 0.15) is 60.4 Å². The van der Waals surface area contributed by atoms with Gasteiger partial charge in [-0.25, -0.2) is 0 Å². The highest BCUT2D eigenvalue weighted by atomic mass is 32.2. The fourth-order valence-corrected chi connectivity index (χ4v) is 13.3. The number of nitrogens with one attached hydrogen (secondary N) is 4. The molecule has 0 aromatic rings. The average molecular weight is 1350 g/mol. The predicted octanol–water partition coefficient (Wildman–Crippen LogP) is 5.46. The number of likely N-dealkylation sites (N-methyl/N-ethyl adjacent to an activating group) is 7. The van der Waals surface area contributed by atoms with Crippen LogP contribution in [-0.4, -0.2) is 238 Å². The molecule has 94 heavy (non-hydrogen) atoms. The Hall–Kier alpha value is -5.56. The van der Waals surface area contributed by atoms with Gasteiger partial charge in [-0.05, 0) is 125 Å². The Morgan fingerprint density at radius 1 is 0.415 bits per heavy atom. The molecule has 0 aliphatic carbocycles. The Bertz CT molecular complexity index is 2450. The first-order valence-corrected chi connectivity index (χ1v) is 35.8. The van der Waals surface area contributed by atoms with Gasteiger partial charge in [-0.15, -0.1) is 11.8 Å². The van der Waals surface area contributed by atoms with Crippen LogP contribution in [0.3, 0.4) is 0 Å². The summed E-state index contributed by atoms with van der Waals surface area (Å²) in [5.74, 6) is -8.10. The van der Waals surface area contributed by atoms with Crippen LogP contribution in [0.15, 0.2) is 0 Å². The second-order valence-corrected chi connectivity index (χ2v) is 30.1. The van der Waals surface area contributed by atoms with E-state index in [0.717, 1.165) is 32.1 Å². The Kier molecular flexibility index (Phi) is 38.8. The van der Waals surface area contributed by atoms with Crippen molar-refractivity contribution < 1.29 is 57.8 Å². The number of carbonyl (C=O) groups is 11. The molecule has 25 heteroatoms. The standard InChI is InChI=1S/C69H128N12O12S/c1-24-50-63(88)81(23)69(94-35-31-27-30-34-82)68(93)77(19)52(37-42(4)5)61(86)74-56(45(10)11)66(91)75(17)51(36-41(2)3)59(84)71-48(15)58(83)72-49(16)62(87)78(20)54(38-43(6)7)64(89)79(21)55(39-44(8)9)65(90)80(22)57(46(12)13)67(92)76(18)53(60(85)73-50)40-47(14)32-28-25-26-29-33-70/h41-57,69,82H,24-40,70H2,1-23H3,(H,71,84)(H,72,83)(H,73,85)(H,74,86)/t47-,48-,49+,50+,51-,52+,53?,54-,55+,56-,57+,69-/m1/s1. The molecule has 542 valence electrons. The molecule has 0 aromatic heterocycles. The van der Waals surface area contributed by atoms with Crippen LogP contribution in [0, 0.1) is 41.4 Å². The van der Waals surface area contributed by atoms with Crippen molar-refractivity contribution in [3.8, 4) is 0 Å². The predicted molar refractivity (Wildman–Crippen MR) is 372 cm³/mol. The first kappa shape index (κ1) is 86.5. The van der Waals surface area contributed by atoms with Crippen LogP contribution < -0.4 is 27.0 Å². The van der Waals surface area contributed by atoms with Crippen molar-refractivity contribution in [1.82, 2.24) is 55.6 Å². The Labute approximate surface area is 569 Å². The number of rotatable bonds is 25. The van der Waals surface area contributed by atoms with Crippen molar-refractivity contribution in [2.75, 3.05) is 68.2 Å². The third kappa shape index (κ3) is 26.5. The third-order valence-electron chi connectivity index (χ3n) is 18.0. The van der Waals surface area contributed by atoms with E-state index in [-0.39, 0.29) is 74.7 Å². The molecule has 1 saturated heterocycles. The van der Waals surface area contributed by atoms with E-state index in [2.05, 4.69) is 21.3 Å². The molecule has 1 fully saturated rings. The lowest BCUT2D eigenvalue weighted by Crippen LogP contribution is -2.62. The monoisotopic (exact) mass is 1350 g/mol. The number of amides is 11. The highest BCUT2D eigenvalue weighted by molar-refractivity contribution is 8.00. The second kappa shape index (κ2) is 42.2. The largest absolute Gasteiger partial charge is 0.396 e. The van der Waals surface area contributed by atoms with Gasteiger partial charge >= 0.3 is 0 Å². The normalized spacial score (nSPS) is 25.8. The zero-order valence-corrected chi connectivity index (χ0v) is 62.8. The minimum Gasteiger partial charge on any atom is -0.396 e. The van der Waals surface area contributed by atoms with Gasteiger partial charge in [0.15, 0.2) is 5.37 Å². The number of thioether (sulfide) groups is 1. The van der Waals surface area contributed by atoms with Gasteiger partial charge in [0.05, 0.1) is 0 Å². The fraction of sp³-hybridized carbons (Fsp3) is 0.841. The van der Waals surface area contributed by atoms with E-state index in [1.165, 1.54) is 109 Å². The van der Waals surface area contributed by atoms with Crippen LogP contribution in [0.1, 0.15) is 201 Å². The second-order valence-electron chi connectivity index (χ2n) is 28.9. The number of aliphatic hydroxyl groups excluding tert-OH is 1. The molecule has 7 N–H and O–H groups in total. The summed E-state index contributed by atoms with van der Waals surface area (Å²) >= 11 is 1.18. The Morgan fingerprint density at radius 2 is 0.830 bits per heavy atom. The van der Waals surface area contributed by atoms with Crippen LogP contribution in [0.4, 0.5) is 0 Å². The molecular formula is C69H128N12O12S. The Morgan fingerprint density at radius 3 is 1.31 bits per heavy atom. The minimum atomic E-state index is -1.23. The van der Waals surface area contributed by atoms with E-state index in [4.69, 9.17) is 5.73 Å². The lowest BCUT2D eigenvalue weighted by atomic mass is 9.92. The number of hydrogen-bond acceptors (Lipinski definition) is 14. The van der Waals surface area contributed by atoms with Gasteiger partial charge in [-0.2, -0.15) is 0 Å². The molecule has 0 radical (unpaired) electrons. The van der Waals surface area contributed by atoms with Gasteiger partial charge < -0.3 is 66.4 Å². The van der Waals surface area contributed by atoms with Crippen LogP contribution in [0.2, 0.25) is 0 Å². The molecular weight excluding hydrogens is 1220 g/mol. The van der Waals surface area contributed by atoms with Gasteiger partial charge in [0.2, 0.25) is 59.1 Å². The highest BCUT2D eigenvalue weighted by Crippen LogP contribution is 2.28. The van der Waals surface area contributed by atoms with Crippen molar-refractivity contribution >= 4 is 76.7 Å². The smallest absolute Gasteiger partial charge is 0.256 e. The van der Waals surface area contributed by atoms with E-state index in [1.54, 1.807) is 34.6 Å². The zero-order chi connectivity index (χ0) is 72.3. The van der Waals surface area contributed by atoms with Crippen LogP contribution in [0.5, 0.6) is 0 Å². The van der Waals surface area contributed by atoms with Crippen molar-refractivity contribution in [1.29, 1.82) is 0 Å². The first-order valence-electron chi connectivity index (χ1n) is 34.8. The molecule has 0 aromatic carbocycles. The van der Waals surface area contributed by atoms with Crippen molar-refractivity contribution in [2.24, 2.45) is 47.2 Å². The summed E-state index contributed by atoms with van der Waals surface area (Å²) in [5.41, 5.74) is 5.79. The fourth-order valence-electron chi connectivity index (χ4n) is 12.1. The van der Waals surface area contributed by atoms with Crippen LogP contribution in [0.25, 0.3) is 0 Å². The van der Waals surface area contributed by atoms with Crippen molar-refractivity contribution in [3.05, 3.63) is 0 Å². The van der Waals surface area contributed by atoms with Gasteiger partial charge in [-0.3, -0.25) is 52.7 Å². The molecule has 1 aliphatic heterocycles. The number of carbonyl (C=O) groups excluding carboxylic acids is 11. The molecule has 1 aliphatic rings. The molecule has 0 saturated carbocycles. The molecule has 0 bridgehead atoms. The number of aliphatic hydroxyl groups is 1. The molecule has 1 heterocycles. The highest BCUT2D eigenvalue weighted by Gasteiger charge is 2.45. The first-order chi connectivity index (χ1) is 43.7. The van der Waals surface area contributed by atoms with E-state index in [0.29, 0.717) is 31.6 Å². The summed E-state index contributed by atoms with van der Waals surface area (Å²) in [4.78, 5) is 173. The van der Waals surface area contributed by atoms with Crippen molar-refractivity contribution in [3.63, 3.8) is 0 Å². The van der Waals surface area contributed by atoms with Crippen LogP contribution in [-0.2, 0) is 52.7 Å². The maximum atomic E-state index is 15.4. The zero-order valence-electron chi connectivity index (χ0n) is 62.0.